The number of ether oxygens (including phenoxy) is 4. The van der Waals surface area contributed by atoms with Gasteiger partial charge >= 0.3 is 0 Å². The molecule has 132 valence electrons. The molecule has 0 aliphatic rings. The number of hydrogen-bond acceptors (Lipinski definition) is 6. The van der Waals surface area contributed by atoms with Crippen LogP contribution in [0.2, 0.25) is 0 Å². The number of hydrogen-bond donors (Lipinski definition) is 0. The summed E-state index contributed by atoms with van der Waals surface area (Å²) >= 11 is 1.53. The highest BCUT2D eigenvalue weighted by Crippen LogP contribution is 2.37. The molecule has 0 spiro atoms. The second-order valence-corrected chi connectivity index (χ2v) is 6.43. The van der Waals surface area contributed by atoms with Gasteiger partial charge in [0.2, 0.25) is 0 Å². The Hall–Kier alpha value is -2.15. The van der Waals surface area contributed by atoms with Crippen LogP contribution in [0.3, 0.4) is 0 Å². The largest absolute Gasteiger partial charge is 0.490 e. The van der Waals surface area contributed by atoms with Crippen molar-refractivity contribution in [3.63, 3.8) is 0 Å². The molecule has 0 amide bonds. The van der Waals surface area contributed by atoms with Crippen molar-refractivity contribution < 1.29 is 18.9 Å². The Morgan fingerprint density at radius 2 is 1.48 bits per heavy atom. The molecule has 0 unspecified atom stereocenters. The van der Waals surface area contributed by atoms with E-state index in [2.05, 4.69) is 0 Å². The van der Waals surface area contributed by atoms with Crippen LogP contribution in [-0.4, -0.2) is 40.6 Å². The smallest absolute Gasteiger partial charge is 0.199 e. The highest BCUT2D eigenvalue weighted by atomic mass is 32.1. The number of methoxy groups -OCH3 is 2. The number of fused-ring (bicyclic) bond motifs is 2. The third kappa shape index (κ3) is 3.76. The molecule has 5 nitrogen and oxygen atoms in total. The van der Waals surface area contributed by atoms with Gasteiger partial charge in [-0.05, 0) is 24.3 Å². The Bertz CT molecular complexity index is 919. The van der Waals surface area contributed by atoms with Gasteiger partial charge in [-0.15, -0.1) is 11.3 Å². The first-order valence-electron chi connectivity index (χ1n) is 7.98. The Morgan fingerprint density at radius 1 is 0.840 bits per heavy atom. The highest BCUT2D eigenvalue weighted by Gasteiger charge is 2.15. The first-order valence-corrected chi connectivity index (χ1v) is 8.80. The average molecular weight is 360 g/mol. The molecule has 3 aromatic rings. The molecule has 0 aliphatic heterocycles. The van der Waals surface area contributed by atoms with Crippen LogP contribution < -0.4 is 14.9 Å². The van der Waals surface area contributed by atoms with Gasteiger partial charge in [-0.25, -0.2) is 0 Å². The van der Waals surface area contributed by atoms with Crippen LogP contribution in [0, 0.1) is 0 Å². The van der Waals surface area contributed by atoms with Crippen molar-refractivity contribution in [2.45, 2.75) is 0 Å². The van der Waals surface area contributed by atoms with Crippen LogP contribution in [0.15, 0.2) is 41.2 Å². The van der Waals surface area contributed by atoms with E-state index in [1.807, 2.05) is 30.3 Å². The molecule has 0 saturated carbocycles. The molecule has 1 aromatic heterocycles. The van der Waals surface area contributed by atoms with Gasteiger partial charge < -0.3 is 18.9 Å². The van der Waals surface area contributed by atoms with Gasteiger partial charge in [0, 0.05) is 24.3 Å². The first kappa shape index (κ1) is 17.7. The van der Waals surface area contributed by atoms with Crippen LogP contribution in [0.5, 0.6) is 11.5 Å². The predicted molar refractivity (Wildman–Crippen MR) is 100 cm³/mol. The lowest BCUT2D eigenvalue weighted by atomic mass is 10.1. The van der Waals surface area contributed by atoms with E-state index in [4.69, 9.17) is 18.9 Å². The monoisotopic (exact) mass is 360 g/mol. The predicted octanol–water partition coefficient (Wildman–Crippen LogP) is 3.47. The van der Waals surface area contributed by atoms with E-state index in [0.717, 1.165) is 9.40 Å². The lowest BCUT2D eigenvalue weighted by molar-refractivity contribution is 0.145. The summed E-state index contributed by atoms with van der Waals surface area (Å²) < 4.78 is 23.4. The van der Waals surface area contributed by atoms with E-state index in [1.165, 1.54) is 11.3 Å². The fourth-order valence-corrected chi connectivity index (χ4v) is 3.71. The molecule has 2 aromatic carbocycles. The maximum Gasteiger partial charge on any atom is 0.199 e. The van der Waals surface area contributed by atoms with Gasteiger partial charge in [-0.1, -0.05) is 12.1 Å². The summed E-state index contributed by atoms with van der Waals surface area (Å²) in [5.74, 6) is 1.22. The van der Waals surface area contributed by atoms with E-state index >= 15 is 0 Å². The van der Waals surface area contributed by atoms with Gasteiger partial charge in [0.1, 0.15) is 24.7 Å². The van der Waals surface area contributed by atoms with Gasteiger partial charge in [0.05, 0.1) is 23.3 Å². The molecule has 1 heterocycles. The number of rotatable bonds is 8. The summed E-state index contributed by atoms with van der Waals surface area (Å²) in [5.41, 5.74) is -0.0473. The van der Waals surface area contributed by atoms with Crippen molar-refractivity contribution in [1.29, 1.82) is 0 Å². The summed E-state index contributed by atoms with van der Waals surface area (Å²) in [4.78, 5) is 13.0. The highest BCUT2D eigenvalue weighted by molar-refractivity contribution is 7.25. The van der Waals surface area contributed by atoms with E-state index < -0.39 is 0 Å². The van der Waals surface area contributed by atoms with Crippen molar-refractivity contribution in [3.05, 3.63) is 46.6 Å². The molecule has 6 heteroatoms. The Kier molecular flexibility index (Phi) is 5.86. The minimum Gasteiger partial charge on any atom is -0.490 e. The zero-order valence-corrected chi connectivity index (χ0v) is 15.1. The third-order valence-electron chi connectivity index (χ3n) is 3.74. The molecule has 0 atom stereocenters. The van der Waals surface area contributed by atoms with E-state index in [-0.39, 0.29) is 5.43 Å². The van der Waals surface area contributed by atoms with Gasteiger partial charge in [-0.3, -0.25) is 4.79 Å². The summed E-state index contributed by atoms with van der Waals surface area (Å²) in [7, 11) is 3.24. The molecule has 0 saturated heterocycles. The lowest BCUT2D eigenvalue weighted by Gasteiger charge is -2.13. The van der Waals surface area contributed by atoms with Crippen LogP contribution in [-0.2, 0) is 9.47 Å². The molecule has 0 N–H and O–H groups in total. The number of benzene rings is 2. The van der Waals surface area contributed by atoms with E-state index in [9.17, 15) is 4.79 Å². The van der Waals surface area contributed by atoms with E-state index in [1.54, 1.807) is 20.3 Å². The minimum absolute atomic E-state index is 0.0473. The van der Waals surface area contributed by atoms with Crippen LogP contribution in [0.4, 0.5) is 0 Å². The topological polar surface area (TPSA) is 54.0 Å². The van der Waals surface area contributed by atoms with Crippen molar-refractivity contribution in [3.8, 4) is 11.5 Å². The maximum absolute atomic E-state index is 13.0. The first-order chi connectivity index (χ1) is 12.3. The fourth-order valence-electron chi connectivity index (χ4n) is 2.55. The Labute approximate surface area is 149 Å². The SMILES string of the molecule is COCCOc1ccc(OCCOC)c2c(=O)c3ccccc3sc12. The molecule has 0 aliphatic carbocycles. The lowest BCUT2D eigenvalue weighted by Crippen LogP contribution is -2.10. The molecule has 0 bridgehead atoms. The summed E-state index contributed by atoms with van der Waals surface area (Å²) in [6, 6.07) is 11.2. The Morgan fingerprint density at radius 3 is 2.20 bits per heavy atom. The zero-order valence-electron chi connectivity index (χ0n) is 14.2. The Balaban J connectivity index is 2.16. The molecule has 3 rings (SSSR count). The van der Waals surface area contributed by atoms with Gasteiger partial charge in [0.15, 0.2) is 5.43 Å². The van der Waals surface area contributed by atoms with Gasteiger partial charge in [0.25, 0.3) is 0 Å². The molecular formula is C19H20O5S. The zero-order chi connectivity index (χ0) is 17.6. The third-order valence-corrected chi connectivity index (χ3v) is 4.93. The summed E-state index contributed by atoms with van der Waals surface area (Å²) in [6.07, 6.45) is 0. The van der Waals surface area contributed by atoms with Gasteiger partial charge in [-0.2, -0.15) is 0 Å². The minimum atomic E-state index is -0.0473. The second kappa shape index (κ2) is 8.29. The fraction of sp³-hybridized carbons (Fsp3) is 0.316. The maximum atomic E-state index is 13.0. The van der Waals surface area contributed by atoms with E-state index in [0.29, 0.717) is 48.7 Å². The van der Waals surface area contributed by atoms with Crippen molar-refractivity contribution in [2.75, 3.05) is 40.6 Å². The average Bonchev–Trinajstić information content (AvgIpc) is 2.63. The second-order valence-electron chi connectivity index (χ2n) is 5.38. The molecule has 0 radical (unpaired) electrons. The van der Waals surface area contributed by atoms with Crippen LogP contribution in [0.25, 0.3) is 20.2 Å². The quantitative estimate of drug-likeness (QED) is 0.455. The summed E-state index contributed by atoms with van der Waals surface area (Å²) in [6.45, 7) is 1.74. The summed E-state index contributed by atoms with van der Waals surface area (Å²) in [5, 5.41) is 1.24. The van der Waals surface area contributed by atoms with Crippen molar-refractivity contribution in [1.82, 2.24) is 0 Å². The van der Waals surface area contributed by atoms with Crippen molar-refractivity contribution >= 4 is 31.5 Å². The van der Waals surface area contributed by atoms with Crippen LogP contribution in [0.1, 0.15) is 0 Å². The van der Waals surface area contributed by atoms with Crippen molar-refractivity contribution in [2.24, 2.45) is 0 Å². The molecular weight excluding hydrogens is 340 g/mol. The normalized spacial score (nSPS) is 11.1. The van der Waals surface area contributed by atoms with Crippen LogP contribution >= 0.6 is 11.3 Å². The molecule has 0 fully saturated rings. The molecule has 25 heavy (non-hydrogen) atoms. The standard InChI is InChI=1S/C19H20O5S/c1-21-9-11-23-14-7-8-15(24-12-10-22-2)19-17(14)18(20)13-5-3-4-6-16(13)25-19/h3-8H,9-12H2,1-2H3.